The Morgan fingerprint density at radius 2 is 1.53 bits per heavy atom. The Morgan fingerprint density at radius 1 is 0.900 bits per heavy atom. The van der Waals surface area contributed by atoms with Gasteiger partial charge in [-0.05, 0) is 42.5 Å². The van der Waals surface area contributed by atoms with E-state index < -0.39 is 10.0 Å². The lowest BCUT2D eigenvalue weighted by Gasteiger charge is -2.34. The van der Waals surface area contributed by atoms with Crippen molar-refractivity contribution in [1.29, 1.82) is 0 Å². The number of aromatic nitrogens is 2. The second-order valence-corrected chi connectivity index (χ2v) is 9.43. The second-order valence-electron chi connectivity index (χ2n) is 6.74. The zero-order valence-electron chi connectivity index (χ0n) is 15.8. The summed E-state index contributed by atoms with van der Waals surface area (Å²) in [5.74, 6) is -0.144. The summed E-state index contributed by atoms with van der Waals surface area (Å²) in [4.78, 5) is 14.4. The van der Waals surface area contributed by atoms with E-state index >= 15 is 0 Å². The molecule has 0 N–H and O–H groups in total. The van der Waals surface area contributed by atoms with Crippen LogP contribution >= 0.6 is 23.2 Å². The zero-order chi connectivity index (χ0) is 21.3. The lowest BCUT2D eigenvalue weighted by atomic mass is 10.1. The number of hydrogen-bond donors (Lipinski definition) is 0. The SMILES string of the molecule is O=C(c1ccc(-n2cccn2)cc1)N1CCN(S(=O)(=O)c2c(Cl)cccc2Cl)CC1. The van der Waals surface area contributed by atoms with Crippen LogP contribution in [0.2, 0.25) is 10.0 Å². The summed E-state index contributed by atoms with van der Waals surface area (Å²) in [5.41, 5.74) is 1.39. The number of carbonyl (C=O) groups excluding carboxylic acids is 1. The molecule has 1 saturated heterocycles. The molecule has 1 fully saturated rings. The fourth-order valence-corrected chi connectivity index (χ4v) is 5.86. The van der Waals surface area contributed by atoms with E-state index in [4.69, 9.17) is 23.2 Å². The van der Waals surface area contributed by atoms with Crippen molar-refractivity contribution in [3.05, 3.63) is 76.5 Å². The molecule has 7 nitrogen and oxygen atoms in total. The summed E-state index contributed by atoms with van der Waals surface area (Å²) in [7, 11) is -3.85. The third-order valence-electron chi connectivity index (χ3n) is 4.93. The number of amides is 1. The average Bonchev–Trinajstić information content (AvgIpc) is 3.28. The van der Waals surface area contributed by atoms with Crippen molar-refractivity contribution in [1.82, 2.24) is 19.0 Å². The van der Waals surface area contributed by atoms with E-state index in [1.807, 2.05) is 24.4 Å². The van der Waals surface area contributed by atoms with Crippen LogP contribution < -0.4 is 0 Å². The van der Waals surface area contributed by atoms with Gasteiger partial charge >= 0.3 is 0 Å². The van der Waals surface area contributed by atoms with Crippen molar-refractivity contribution < 1.29 is 13.2 Å². The summed E-state index contributed by atoms with van der Waals surface area (Å²) in [6.45, 7) is 0.893. The van der Waals surface area contributed by atoms with Gasteiger partial charge < -0.3 is 4.90 Å². The predicted octanol–water partition coefficient (Wildman–Crippen LogP) is 3.33. The molecule has 0 saturated carbocycles. The van der Waals surface area contributed by atoms with Gasteiger partial charge in [0.15, 0.2) is 0 Å². The van der Waals surface area contributed by atoms with Crippen molar-refractivity contribution in [3.63, 3.8) is 0 Å². The van der Waals surface area contributed by atoms with Crippen molar-refractivity contribution in [2.24, 2.45) is 0 Å². The molecule has 0 atom stereocenters. The van der Waals surface area contributed by atoms with Crippen LogP contribution in [-0.4, -0.2) is 59.5 Å². The molecule has 0 aliphatic carbocycles. The first-order chi connectivity index (χ1) is 14.4. The Hall–Kier alpha value is -2.39. The summed E-state index contributed by atoms with van der Waals surface area (Å²) >= 11 is 12.2. The number of carbonyl (C=O) groups is 1. The van der Waals surface area contributed by atoms with Gasteiger partial charge in [-0.2, -0.15) is 9.40 Å². The van der Waals surface area contributed by atoms with Crippen LogP contribution in [-0.2, 0) is 10.0 Å². The maximum atomic E-state index is 13.0. The van der Waals surface area contributed by atoms with Crippen molar-refractivity contribution in [3.8, 4) is 5.69 Å². The highest BCUT2D eigenvalue weighted by Crippen LogP contribution is 2.32. The van der Waals surface area contributed by atoms with E-state index in [-0.39, 0.29) is 47.0 Å². The molecule has 0 spiro atoms. The Balaban J connectivity index is 1.45. The number of halogens is 2. The summed E-state index contributed by atoms with van der Waals surface area (Å²) < 4.78 is 29.0. The smallest absolute Gasteiger partial charge is 0.253 e. The first-order valence-electron chi connectivity index (χ1n) is 9.21. The van der Waals surface area contributed by atoms with Gasteiger partial charge in [0.1, 0.15) is 4.90 Å². The molecule has 1 aromatic heterocycles. The molecule has 30 heavy (non-hydrogen) atoms. The van der Waals surface area contributed by atoms with E-state index in [2.05, 4.69) is 5.10 Å². The van der Waals surface area contributed by atoms with Gasteiger partial charge in [0, 0.05) is 44.1 Å². The number of sulfonamides is 1. The topological polar surface area (TPSA) is 75.5 Å². The quantitative estimate of drug-likeness (QED) is 0.593. The Kier molecular flexibility index (Phi) is 5.84. The number of piperazine rings is 1. The Labute approximate surface area is 184 Å². The highest BCUT2D eigenvalue weighted by Gasteiger charge is 2.33. The molecule has 2 aromatic carbocycles. The van der Waals surface area contributed by atoms with Crippen molar-refractivity contribution in [2.75, 3.05) is 26.2 Å². The van der Waals surface area contributed by atoms with E-state index in [0.29, 0.717) is 5.56 Å². The van der Waals surface area contributed by atoms with Crippen LogP contribution in [0, 0.1) is 0 Å². The lowest BCUT2D eigenvalue weighted by Crippen LogP contribution is -2.50. The van der Waals surface area contributed by atoms with Gasteiger partial charge in [-0.3, -0.25) is 4.79 Å². The zero-order valence-corrected chi connectivity index (χ0v) is 18.1. The largest absolute Gasteiger partial charge is 0.336 e. The summed E-state index contributed by atoms with van der Waals surface area (Å²) in [6, 6.07) is 13.5. The van der Waals surface area contributed by atoms with Gasteiger partial charge in [-0.15, -0.1) is 0 Å². The first kappa shape index (κ1) is 20.9. The molecule has 4 rings (SSSR count). The molecule has 0 unspecified atom stereocenters. The van der Waals surface area contributed by atoms with Gasteiger partial charge in [0.25, 0.3) is 5.91 Å². The minimum absolute atomic E-state index is 0.0817. The summed E-state index contributed by atoms with van der Waals surface area (Å²) in [6.07, 6.45) is 3.50. The first-order valence-corrected chi connectivity index (χ1v) is 11.4. The van der Waals surface area contributed by atoms with Crippen LogP contribution in [0.3, 0.4) is 0 Å². The van der Waals surface area contributed by atoms with Crippen LogP contribution in [0.15, 0.2) is 65.8 Å². The van der Waals surface area contributed by atoms with Crippen LogP contribution in [0.5, 0.6) is 0 Å². The number of rotatable bonds is 4. The number of nitrogens with zero attached hydrogens (tertiary/aromatic N) is 4. The molecule has 0 bridgehead atoms. The normalized spacial score (nSPS) is 15.3. The van der Waals surface area contributed by atoms with Crippen LogP contribution in [0.25, 0.3) is 5.69 Å². The Bertz CT molecular complexity index is 1140. The molecule has 1 aliphatic heterocycles. The average molecular weight is 465 g/mol. The van der Waals surface area contributed by atoms with E-state index in [0.717, 1.165) is 5.69 Å². The van der Waals surface area contributed by atoms with Gasteiger partial charge in [0.2, 0.25) is 10.0 Å². The molecule has 3 aromatic rings. The molecule has 0 radical (unpaired) electrons. The molecule has 1 aliphatic rings. The third kappa shape index (κ3) is 3.96. The molecule has 10 heteroatoms. The molecule has 156 valence electrons. The van der Waals surface area contributed by atoms with Crippen molar-refractivity contribution >= 4 is 39.1 Å². The van der Waals surface area contributed by atoms with E-state index in [9.17, 15) is 13.2 Å². The van der Waals surface area contributed by atoms with Gasteiger partial charge in [-0.1, -0.05) is 29.3 Å². The fourth-order valence-electron chi connectivity index (χ4n) is 3.35. The van der Waals surface area contributed by atoms with E-state index in [1.165, 1.54) is 16.4 Å². The highest BCUT2D eigenvalue weighted by molar-refractivity contribution is 7.89. The Morgan fingerprint density at radius 3 is 2.10 bits per heavy atom. The molecular formula is C20H18Cl2N4O3S. The van der Waals surface area contributed by atoms with Crippen molar-refractivity contribution in [2.45, 2.75) is 4.90 Å². The lowest BCUT2D eigenvalue weighted by molar-refractivity contribution is 0.0698. The predicted molar refractivity (Wildman–Crippen MR) is 115 cm³/mol. The maximum Gasteiger partial charge on any atom is 0.253 e. The highest BCUT2D eigenvalue weighted by atomic mass is 35.5. The van der Waals surface area contributed by atoms with Crippen LogP contribution in [0.1, 0.15) is 10.4 Å². The van der Waals surface area contributed by atoms with Gasteiger partial charge in [0.05, 0.1) is 15.7 Å². The standard InChI is InChI=1S/C20H18Cl2N4O3S/c21-17-3-1-4-18(22)19(17)30(28,29)25-13-11-24(12-14-25)20(27)15-5-7-16(8-6-15)26-10-2-9-23-26/h1-10H,11-14H2. The number of benzene rings is 2. The third-order valence-corrected chi connectivity index (χ3v) is 7.78. The minimum atomic E-state index is -3.85. The monoisotopic (exact) mass is 464 g/mol. The molecular weight excluding hydrogens is 447 g/mol. The van der Waals surface area contributed by atoms with Crippen LogP contribution in [0.4, 0.5) is 0 Å². The maximum absolute atomic E-state index is 13.0. The van der Waals surface area contributed by atoms with Gasteiger partial charge in [-0.25, -0.2) is 13.1 Å². The molecule has 2 heterocycles. The minimum Gasteiger partial charge on any atom is -0.336 e. The second kappa shape index (κ2) is 8.39. The molecule has 1 amide bonds. The fraction of sp³-hybridized carbons (Fsp3) is 0.200. The van der Waals surface area contributed by atoms with E-state index in [1.54, 1.807) is 34.0 Å². The summed E-state index contributed by atoms with van der Waals surface area (Å²) in [5, 5.41) is 4.32. The number of hydrogen-bond acceptors (Lipinski definition) is 4.